The van der Waals surface area contributed by atoms with Gasteiger partial charge in [0.2, 0.25) is 0 Å². The Kier molecular flexibility index (Phi) is 3.05. The molecule has 1 aliphatic rings. The third-order valence-electron chi connectivity index (χ3n) is 1.21. The first-order valence-corrected chi connectivity index (χ1v) is 4.62. The maximum Gasteiger partial charge on any atom is 0.159 e. The molecular weight excluding hydrogens is 249 g/mol. The molecule has 1 aliphatic carbocycles. The maximum atomic E-state index is 5.78. The standard InChI is InChI=1S/C6H3Cl5/c7-3-1-4(8)5(9)6(10,11)2-3/h1H,2H2. The first-order valence-electron chi connectivity index (χ1n) is 2.73. The molecule has 0 saturated carbocycles. The van der Waals surface area contributed by atoms with Crippen LogP contribution in [-0.4, -0.2) is 4.33 Å². The van der Waals surface area contributed by atoms with Crippen molar-refractivity contribution in [2.24, 2.45) is 0 Å². The Morgan fingerprint density at radius 2 is 1.73 bits per heavy atom. The SMILES string of the molecule is ClC1=CC(Cl)=C(Cl)C(Cl)(Cl)C1. The highest BCUT2D eigenvalue weighted by Crippen LogP contribution is 2.45. The molecule has 0 aliphatic heterocycles. The first kappa shape index (κ1) is 10.0. The molecule has 0 aromatic carbocycles. The van der Waals surface area contributed by atoms with Crippen molar-refractivity contribution in [3.63, 3.8) is 0 Å². The van der Waals surface area contributed by atoms with E-state index in [1.54, 1.807) is 0 Å². The fourth-order valence-electron chi connectivity index (χ4n) is 0.716. The van der Waals surface area contributed by atoms with Gasteiger partial charge in [0, 0.05) is 11.5 Å². The monoisotopic (exact) mass is 250 g/mol. The maximum absolute atomic E-state index is 5.78. The molecular formula is C6H3Cl5. The van der Waals surface area contributed by atoms with E-state index in [4.69, 9.17) is 58.0 Å². The lowest BCUT2D eigenvalue weighted by molar-refractivity contribution is 0.924. The Morgan fingerprint density at radius 1 is 1.18 bits per heavy atom. The van der Waals surface area contributed by atoms with Gasteiger partial charge in [-0.25, -0.2) is 0 Å². The predicted octanol–water partition coefficient (Wildman–Crippen LogP) is 4.38. The van der Waals surface area contributed by atoms with Crippen LogP contribution in [0.25, 0.3) is 0 Å². The number of halogens is 5. The van der Waals surface area contributed by atoms with E-state index in [0.29, 0.717) is 16.5 Å². The van der Waals surface area contributed by atoms with Crippen LogP contribution in [-0.2, 0) is 0 Å². The van der Waals surface area contributed by atoms with E-state index in [1.807, 2.05) is 0 Å². The molecule has 0 atom stereocenters. The van der Waals surface area contributed by atoms with Crippen LogP contribution < -0.4 is 0 Å². The lowest BCUT2D eigenvalue weighted by Crippen LogP contribution is -2.16. The fraction of sp³-hybridized carbons (Fsp3) is 0.333. The molecule has 0 bridgehead atoms. The molecule has 0 spiro atoms. The molecule has 0 fully saturated rings. The van der Waals surface area contributed by atoms with Gasteiger partial charge in [-0.3, -0.25) is 0 Å². The molecule has 0 radical (unpaired) electrons. The summed E-state index contributed by atoms with van der Waals surface area (Å²) >= 11 is 28.6. The zero-order chi connectivity index (χ0) is 8.65. The van der Waals surface area contributed by atoms with Gasteiger partial charge in [0.05, 0.1) is 10.1 Å². The van der Waals surface area contributed by atoms with E-state index < -0.39 is 4.33 Å². The molecule has 5 heteroatoms. The highest BCUT2D eigenvalue weighted by atomic mass is 35.5. The minimum absolute atomic E-state index is 0.229. The van der Waals surface area contributed by atoms with Gasteiger partial charge in [-0.2, -0.15) is 0 Å². The average molecular weight is 252 g/mol. The summed E-state index contributed by atoms with van der Waals surface area (Å²) in [5.74, 6) is 0. The molecule has 0 aromatic rings. The number of allylic oxidation sites excluding steroid dienone is 4. The van der Waals surface area contributed by atoms with E-state index in [0.717, 1.165) is 0 Å². The topological polar surface area (TPSA) is 0 Å². The second kappa shape index (κ2) is 3.35. The Balaban J connectivity index is 3.07. The molecule has 0 nitrogen and oxygen atoms in total. The smallest absolute Gasteiger partial charge is 0.0949 e. The van der Waals surface area contributed by atoms with Crippen LogP contribution >= 0.6 is 58.0 Å². The quantitative estimate of drug-likeness (QED) is 0.561. The predicted molar refractivity (Wildman–Crippen MR) is 51.7 cm³/mol. The third kappa shape index (κ3) is 2.19. The minimum atomic E-state index is -1.16. The van der Waals surface area contributed by atoms with Crippen LogP contribution in [0, 0.1) is 0 Å². The lowest BCUT2D eigenvalue weighted by Gasteiger charge is -2.22. The molecule has 0 amide bonds. The zero-order valence-corrected chi connectivity index (χ0v) is 8.95. The van der Waals surface area contributed by atoms with E-state index in [1.165, 1.54) is 6.08 Å². The van der Waals surface area contributed by atoms with E-state index in [2.05, 4.69) is 0 Å². The van der Waals surface area contributed by atoms with E-state index in [-0.39, 0.29) is 5.03 Å². The molecule has 0 unspecified atom stereocenters. The second-order valence-corrected chi connectivity index (χ2v) is 4.89. The van der Waals surface area contributed by atoms with Gasteiger partial charge >= 0.3 is 0 Å². The summed E-state index contributed by atoms with van der Waals surface area (Å²) in [6, 6.07) is 0. The largest absolute Gasteiger partial charge is 0.159 e. The minimum Gasteiger partial charge on any atom is -0.0949 e. The molecule has 0 saturated heterocycles. The van der Waals surface area contributed by atoms with E-state index in [9.17, 15) is 0 Å². The van der Waals surface area contributed by atoms with Crippen LogP contribution in [0.2, 0.25) is 0 Å². The summed E-state index contributed by atoms with van der Waals surface area (Å²) in [6.07, 6.45) is 1.83. The molecule has 1 rings (SSSR count). The highest BCUT2D eigenvalue weighted by Gasteiger charge is 2.34. The summed E-state index contributed by atoms with van der Waals surface area (Å²) in [6.45, 7) is 0. The van der Waals surface area contributed by atoms with Gasteiger partial charge in [0.15, 0.2) is 4.33 Å². The van der Waals surface area contributed by atoms with Gasteiger partial charge in [0.1, 0.15) is 0 Å². The van der Waals surface area contributed by atoms with Crippen molar-refractivity contribution in [1.29, 1.82) is 0 Å². The average Bonchev–Trinajstić information content (AvgIpc) is 1.81. The Bertz CT molecular complexity index is 237. The zero-order valence-electron chi connectivity index (χ0n) is 5.17. The first-order chi connectivity index (χ1) is 4.93. The van der Waals surface area contributed by atoms with Gasteiger partial charge < -0.3 is 0 Å². The molecule has 0 aromatic heterocycles. The Hall–Kier alpha value is 0.930. The van der Waals surface area contributed by atoms with Crippen molar-refractivity contribution in [1.82, 2.24) is 0 Å². The molecule has 11 heavy (non-hydrogen) atoms. The van der Waals surface area contributed by atoms with Crippen molar-refractivity contribution >= 4 is 58.0 Å². The van der Waals surface area contributed by atoms with Gasteiger partial charge in [-0.1, -0.05) is 58.0 Å². The van der Waals surface area contributed by atoms with Crippen molar-refractivity contribution in [3.05, 3.63) is 21.2 Å². The van der Waals surface area contributed by atoms with Gasteiger partial charge in [-0.15, -0.1) is 0 Å². The van der Waals surface area contributed by atoms with Crippen molar-refractivity contribution in [3.8, 4) is 0 Å². The highest BCUT2D eigenvalue weighted by molar-refractivity contribution is 6.58. The lowest BCUT2D eigenvalue weighted by atomic mass is 10.2. The fourth-order valence-corrected chi connectivity index (χ4v) is 2.22. The molecule has 0 N–H and O–H groups in total. The second-order valence-electron chi connectivity index (χ2n) is 2.13. The Morgan fingerprint density at radius 3 is 2.18 bits per heavy atom. The van der Waals surface area contributed by atoms with Gasteiger partial charge in [0.25, 0.3) is 0 Å². The third-order valence-corrected chi connectivity index (χ3v) is 3.21. The van der Waals surface area contributed by atoms with Crippen LogP contribution in [0.5, 0.6) is 0 Å². The van der Waals surface area contributed by atoms with Crippen LogP contribution in [0.4, 0.5) is 0 Å². The van der Waals surface area contributed by atoms with Crippen molar-refractivity contribution in [2.75, 3.05) is 0 Å². The normalized spacial score (nSPS) is 23.5. The summed E-state index contributed by atoms with van der Waals surface area (Å²) in [4.78, 5) is 0. The summed E-state index contributed by atoms with van der Waals surface area (Å²) in [5.41, 5.74) is 0. The molecule has 0 heterocycles. The number of hydrogen-bond donors (Lipinski definition) is 0. The summed E-state index contributed by atoms with van der Waals surface area (Å²) in [7, 11) is 0. The number of rotatable bonds is 0. The van der Waals surface area contributed by atoms with Crippen LogP contribution in [0.3, 0.4) is 0 Å². The summed E-state index contributed by atoms with van der Waals surface area (Å²) < 4.78 is -1.16. The number of hydrogen-bond acceptors (Lipinski definition) is 0. The van der Waals surface area contributed by atoms with E-state index >= 15 is 0 Å². The number of alkyl halides is 2. The van der Waals surface area contributed by atoms with Gasteiger partial charge in [-0.05, 0) is 6.08 Å². The van der Waals surface area contributed by atoms with Crippen LogP contribution in [0.15, 0.2) is 21.2 Å². The van der Waals surface area contributed by atoms with Crippen LogP contribution in [0.1, 0.15) is 6.42 Å². The molecule has 62 valence electrons. The Labute approximate surface area is 89.7 Å². The summed E-state index contributed by atoms with van der Waals surface area (Å²) in [5, 5.41) is 1.03. The van der Waals surface area contributed by atoms with Crippen molar-refractivity contribution in [2.45, 2.75) is 10.8 Å². The van der Waals surface area contributed by atoms with Crippen molar-refractivity contribution < 1.29 is 0 Å².